The summed E-state index contributed by atoms with van der Waals surface area (Å²) in [6.45, 7) is 10.8. The molecule has 1 aromatic carbocycles. The summed E-state index contributed by atoms with van der Waals surface area (Å²) in [4.78, 5) is 9.14. The Morgan fingerprint density at radius 1 is 0.966 bits per heavy atom. The topological polar surface area (TPSA) is 67.0 Å². The number of nitrogens with zero attached hydrogens (tertiary/aromatic N) is 3. The van der Waals surface area contributed by atoms with E-state index in [1.807, 2.05) is 18.2 Å². The van der Waals surface area contributed by atoms with Crippen LogP contribution in [0.25, 0.3) is 0 Å². The summed E-state index contributed by atoms with van der Waals surface area (Å²) in [5.41, 5.74) is 1.37. The summed E-state index contributed by atoms with van der Waals surface area (Å²) in [5.74, 6) is 1.30. The van der Waals surface area contributed by atoms with E-state index >= 15 is 0 Å². The molecule has 3 rings (SSSR count). The molecule has 0 fully saturated rings. The summed E-state index contributed by atoms with van der Waals surface area (Å²) in [6, 6.07) is 10.9. The van der Waals surface area contributed by atoms with Crippen LogP contribution in [-0.2, 0) is 26.0 Å². The van der Waals surface area contributed by atoms with E-state index in [1.54, 1.807) is 6.07 Å². The second-order valence-electron chi connectivity index (χ2n) is 7.23. The van der Waals surface area contributed by atoms with Gasteiger partial charge in [0.25, 0.3) is 0 Å². The van der Waals surface area contributed by atoms with Crippen LogP contribution < -0.4 is 0 Å². The van der Waals surface area contributed by atoms with Crippen LogP contribution in [0.15, 0.2) is 28.2 Å². The van der Waals surface area contributed by atoms with Gasteiger partial charge in [-0.1, -0.05) is 11.1 Å². The minimum absolute atomic E-state index is 0. The van der Waals surface area contributed by atoms with Crippen molar-refractivity contribution < 1.29 is 43.2 Å². The van der Waals surface area contributed by atoms with Crippen molar-refractivity contribution in [2.24, 2.45) is 9.98 Å². The molecule has 2 aliphatic heterocycles. The molecule has 0 atom stereocenters. The third-order valence-electron chi connectivity index (χ3n) is 3.19. The van der Waals surface area contributed by atoms with Gasteiger partial charge >= 0.3 is 23.7 Å². The molecular weight excluding hydrogens is 436 g/mol. The molecule has 2 heterocycles. The van der Waals surface area contributed by atoms with E-state index in [1.165, 1.54) is 6.92 Å². The SMILES string of the molecule is CC#N.CC1(C)COC(c2[c-]c(C3=NC(C)(C)CO3)ccc2)=N1.F[B-](F)(F)F.[Ni+2]. The number of aliphatic imine (C=N–C) groups is 2. The molecular formula is C18H22BF4N3NiO2. The maximum absolute atomic E-state index is 9.75. The predicted octanol–water partition coefficient (Wildman–Crippen LogP) is 4.42. The van der Waals surface area contributed by atoms with Gasteiger partial charge in [0.1, 0.15) is 25.0 Å². The summed E-state index contributed by atoms with van der Waals surface area (Å²) < 4.78 is 50.3. The average Bonchev–Trinajstić information content (AvgIpc) is 3.08. The van der Waals surface area contributed by atoms with Crippen molar-refractivity contribution >= 4 is 19.0 Å². The number of ether oxygens (including phenoxy) is 2. The Morgan fingerprint density at radius 3 is 1.52 bits per heavy atom. The van der Waals surface area contributed by atoms with Gasteiger partial charge < -0.3 is 26.7 Å². The van der Waals surface area contributed by atoms with Gasteiger partial charge in [0.2, 0.25) is 0 Å². The van der Waals surface area contributed by atoms with Crippen LogP contribution >= 0.6 is 0 Å². The molecule has 0 aliphatic carbocycles. The summed E-state index contributed by atoms with van der Waals surface area (Å²) >= 11 is 0. The van der Waals surface area contributed by atoms with E-state index in [-0.39, 0.29) is 27.6 Å². The summed E-state index contributed by atoms with van der Waals surface area (Å²) in [7, 11) is -6.00. The van der Waals surface area contributed by atoms with E-state index in [0.29, 0.717) is 25.0 Å². The van der Waals surface area contributed by atoms with E-state index in [2.05, 4.69) is 43.7 Å². The Hall–Kier alpha value is -2.07. The molecule has 162 valence electrons. The van der Waals surface area contributed by atoms with Crippen LogP contribution in [0.4, 0.5) is 17.3 Å². The van der Waals surface area contributed by atoms with Gasteiger partial charge in [-0.2, -0.15) is 5.26 Å². The van der Waals surface area contributed by atoms with Crippen molar-refractivity contribution in [3.8, 4) is 6.07 Å². The van der Waals surface area contributed by atoms with Gasteiger partial charge in [-0.25, -0.2) is 0 Å². The number of nitriles is 1. The molecule has 11 heteroatoms. The van der Waals surface area contributed by atoms with Crippen molar-refractivity contribution in [1.29, 1.82) is 5.26 Å². The number of hydrogen-bond donors (Lipinski definition) is 0. The summed E-state index contributed by atoms with van der Waals surface area (Å²) in [5, 5.41) is 7.32. The van der Waals surface area contributed by atoms with Crippen molar-refractivity contribution in [3.63, 3.8) is 0 Å². The quantitative estimate of drug-likeness (QED) is 0.375. The number of hydrogen-bond acceptors (Lipinski definition) is 5. The number of rotatable bonds is 2. The Bertz CT molecular complexity index is 735. The van der Waals surface area contributed by atoms with Crippen molar-refractivity contribution in [3.05, 3.63) is 35.4 Å². The molecule has 0 radical (unpaired) electrons. The second kappa shape index (κ2) is 10.6. The van der Waals surface area contributed by atoms with Gasteiger partial charge in [-0.05, 0) is 27.7 Å². The van der Waals surface area contributed by atoms with E-state index < -0.39 is 7.25 Å². The Labute approximate surface area is 178 Å². The molecule has 29 heavy (non-hydrogen) atoms. The predicted molar refractivity (Wildman–Crippen MR) is 99.9 cm³/mol. The van der Waals surface area contributed by atoms with Crippen molar-refractivity contribution in [2.75, 3.05) is 13.2 Å². The third-order valence-corrected chi connectivity index (χ3v) is 3.19. The average molecular weight is 458 g/mol. The van der Waals surface area contributed by atoms with E-state index in [9.17, 15) is 17.3 Å². The minimum atomic E-state index is -6.00. The zero-order valence-electron chi connectivity index (χ0n) is 16.7. The summed E-state index contributed by atoms with van der Waals surface area (Å²) in [6.07, 6.45) is 0. The van der Waals surface area contributed by atoms with Gasteiger partial charge in [0.15, 0.2) is 0 Å². The Kier molecular flexibility index (Phi) is 9.87. The molecule has 0 N–H and O–H groups in total. The number of halogens is 4. The first-order valence-electron chi connectivity index (χ1n) is 8.43. The maximum Gasteiger partial charge on any atom is 2.00 e. The molecule has 0 saturated heterocycles. The third kappa shape index (κ3) is 10.3. The maximum atomic E-state index is 9.75. The van der Waals surface area contributed by atoms with Gasteiger partial charge in [0, 0.05) is 6.92 Å². The molecule has 2 aliphatic rings. The first-order chi connectivity index (χ1) is 12.8. The molecule has 0 unspecified atom stereocenters. The van der Waals surface area contributed by atoms with Crippen LogP contribution in [0.3, 0.4) is 0 Å². The second-order valence-corrected chi connectivity index (χ2v) is 7.23. The van der Waals surface area contributed by atoms with Crippen LogP contribution in [0.1, 0.15) is 45.7 Å². The fraction of sp³-hybridized carbons (Fsp3) is 0.500. The van der Waals surface area contributed by atoms with Crippen molar-refractivity contribution in [1.82, 2.24) is 0 Å². The van der Waals surface area contributed by atoms with Crippen LogP contribution in [0.2, 0.25) is 0 Å². The minimum Gasteiger partial charge on any atom is -0.509 e. The first-order valence-corrected chi connectivity index (χ1v) is 8.43. The molecule has 0 saturated carbocycles. The molecule has 1 aromatic rings. The molecule has 0 spiro atoms. The normalized spacial score (nSPS) is 18.1. The van der Waals surface area contributed by atoms with Crippen LogP contribution in [0.5, 0.6) is 0 Å². The van der Waals surface area contributed by atoms with Gasteiger partial charge in [-0.15, -0.1) is 24.3 Å². The smallest absolute Gasteiger partial charge is 0.509 e. The molecule has 5 nitrogen and oxygen atoms in total. The fourth-order valence-electron chi connectivity index (χ4n) is 2.16. The molecule has 0 aromatic heterocycles. The molecule has 0 bridgehead atoms. The zero-order valence-corrected chi connectivity index (χ0v) is 17.7. The monoisotopic (exact) mass is 457 g/mol. The largest absolute Gasteiger partial charge is 2.00 e. The van der Waals surface area contributed by atoms with Crippen LogP contribution in [-0.4, -0.2) is 43.3 Å². The van der Waals surface area contributed by atoms with E-state index in [4.69, 9.17) is 14.7 Å². The van der Waals surface area contributed by atoms with Gasteiger partial charge in [-0.3, -0.25) is 9.98 Å². The van der Waals surface area contributed by atoms with Crippen LogP contribution in [0, 0.1) is 17.4 Å². The van der Waals surface area contributed by atoms with Crippen molar-refractivity contribution in [2.45, 2.75) is 45.7 Å². The molecule has 0 amide bonds. The Morgan fingerprint density at radius 2 is 1.28 bits per heavy atom. The first kappa shape index (κ1) is 26.9. The fourth-order valence-corrected chi connectivity index (χ4v) is 2.16. The van der Waals surface area contributed by atoms with Gasteiger partial charge in [0.05, 0.1) is 17.1 Å². The Balaban J connectivity index is 0.000000753. The standard InChI is InChI=1S/C16H19N2O2.C2H3N.BF4.Ni/c1-15(2)9-19-13(17-15)11-6-5-7-12(8-11)14-18-16(3,4)10-20-14;1-2-3;2-1(3,4)5;/h5-7H,9-10H2,1-4H3;1H3;;/q-1;;-1;+2. The van der Waals surface area contributed by atoms with E-state index in [0.717, 1.165) is 11.1 Å². The number of benzene rings is 1. The zero-order chi connectivity index (χ0) is 21.6.